The maximum absolute atomic E-state index is 9.74. The van der Waals surface area contributed by atoms with E-state index in [1.807, 2.05) is 0 Å². The number of carbonyl (C=O) groups is 1. The fraction of sp³-hybridized carbons (Fsp3) is 0.933. The van der Waals surface area contributed by atoms with Gasteiger partial charge in [0.1, 0.15) is 0 Å². The smallest absolute Gasteiger partial charge is 0.438 e. The summed E-state index contributed by atoms with van der Waals surface area (Å²) in [4.78, 5) is 9.74. The van der Waals surface area contributed by atoms with Crippen LogP contribution >= 0.6 is 0 Å². The van der Waals surface area contributed by atoms with Crippen molar-refractivity contribution in [3.63, 3.8) is 0 Å². The first kappa shape index (κ1) is 21.4. The van der Waals surface area contributed by atoms with E-state index in [1.54, 1.807) is 13.3 Å². The molecule has 0 aliphatic rings. The van der Waals surface area contributed by atoms with Gasteiger partial charge < -0.3 is 9.47 Å². The van der Waals surface area contributed by atoms with E-state index in [-0.39, 0.29) is 0 Å². The molecule has 4 heteroatoms. The van der Waals surface area contributed by atoms with E-state index in [9.17, 15) is 4.79 Å². The summed E-state index contributed by atoms with van der Waals surface area (Å²) in [5.41, 5.74) is 0. The molecule has 115 valence electrons. The van der Waals surface area contributed by atoms with Crippen molar-refractivity contribution in [2.75, 3.05) is 14.2 Å². The Morgan fingerprint density at radius 1 is 0.789 bits per heavy atom. The molecule has 0 bridgehead atoms. The maximum Gasteiger partial charge on any atom is 0.507 e. The van der Waals surface area contributed by atoms with Crippen LogP contribution in [0.15, 0.2) is 0 Å². The molecule has 0 aliphatic heterocycles. The van der Waals surface area contributed by atoms with E-state index in [0.717, 1.165) is 0 Å². The number of carbonyl (C=O) groups excluding carboxylic acids is 1. The second-order valence-corrected chi connectivity index (χ2v) is 13.3. The van der Waals surface area contributed by atoms with Gasteiger partial charge in [-0.1, -0.05) is 0 Å². The van der Waals surface area contributed by atoms with Gasteiger partial charge in [0.05, 0.1) is 14.2 Å². The Morgan fingerprint density at radius 3 is 1.26 bits per heavy atom. The van der Waals surface area contributed by atoms with Crippen molar-refractivity contribution in [1.29, 1.82) is 0 Å². The minimum atomic E-state index is -0.839. The summed E-state index contributed by atoms with van der Waals surface area (Å²) in [5.74, 6) is 0. The standard InChI is InChI=1S/3C4H9.C3H6O3.Sn/c3*1-3-4-2;1-5-3(4)6-2;/h3*1,3-4H2,2H3;1-2H3;. The Kier molecular flexibility index (Phi) is 20.3. The number of methoxy groups -OCH3 is 2. The molecule has 0 N–H and O–H groups in total. The average molecular weight is 380 g/mol. The van der Waals surface area contributed by atoms with E-state index < -0.39 is 25.9 Å². The van der Waals surface area contributed by atoms with Gasteiger partial charge in [0, 0.05) is 0 Å². The molecular formula is C15H33O3Sn. The first-order valence-electron chi connectivity index (χ1n) is 7.61. The first-order valence-corrected chi connectivity index (χ1v) is 13.7. The molecule has 0 aromatic carbocycles. The molecule has 0 fully saturated rings. The summed E-state index contributed by atoms with van der Waals surface area (Å²) in [6, 6.07) is 0. The molecule has 0 saturated heterocycles. The van der Waals surface area contributed by atoms with Gasteiger partial charge in [0.2, 0.25) is 0 Å². The summed E-state index contributed by atoms with van der Waals surface area (Å²) in [5, 5.41) is 0. The molecule has 0 heterocycles. The minimum Gasteiger partial charge on any atom is -0.438 e. The number of hydrogen-bond donors (Lipinski definition) is 0. The van der Waals surface area contributed by atoms with Crippen molar-refractivity contribution in [2.45, 2.75) is 72.6 Å². The second kappa shape index (κ2) is 18.1. The third kappa shape index (κ3) is 18.1. The average Bonchev–Trinajstić information content (AvgIpc) is 2.46. The number of hydrogen-bond acceptors (Lipinski definition) is 3. The van der Waals surface area contributed by atoms with Crippen molar-refractivity contribution < 1.29 is 14.3 Å². The molecule has 0 unspecified atom stereocenters. The summed E-state index contributed by atoms with van der Waals surface area (Å²) in [6.45, 7) is 7.00. The molecule has 0 aliphatic carbocycles. The Balaban J connectivity index is 0. The number of ether oxygens (including phenoxy) is 2. The molecule has 0 spiro atoms. The minimum absolute atomic E-state index is 0.657. The third-order valence-corrected chi connectivity index (χ3v) is 12.1. The SMILES string of the molecule is CCC[CH2][Sn]([CH2]CCC)[CH2]CCC.COC(=O)OC. The number of unbranched alkanes of at least 4 members (excludes halogenated alkanes) is 3. The van der Waals surface area contributed by atoms with Crippen molar-refractivity contribution in [1.82, 2.24) is 0 Å². The van der Waals surface area contributed by atoms with Gasteiger partial charge in [-0.05, 0) is 0 Å². The van der Waals surface area contributed by atoms with E-state index in [4.69, 9.17) is 0 Å². The largest absolute Gasteiger partial charge is 0.507 e. The molecule has 3 nitrogen and oxygen atoms in total. The summed E-state index contributed by atoms with van der Waals surface area (Å²) in [7, 11) is 2.51. The first-order chi connectivity index (χ1) is 9.15. The summed E-state index contributed by atoms with van der Waals surface area (Å²) >= 11 is -0.839. The number of rotatable bonds is 9. The summed E-state index contributed by atoms with van der Waals surface area (Å²) < 4.78 is 13.1. The zero-order valence-electron chi connectivity index (χ0n) is 13.6. The quantitative estimate of drug-likeness (QED) is 0.403. The van der Waals surface area contributed by atoms with Gasteiger partial charge in [0.15, 0.2) is 0 Å². The van der Waals surface area contributed by atoms with Gasteiger partial charge in [-0.2, -0.15) is 0 Å². The summed E-state index contributed by atoms with van der Waals surface area (Å²) in [6.07, 6.45) is 8.19. The van der Waals surface area contributed by atoms with Crippen LogP contribution in [0.3, 0.4) is 0 Å². The van der Waals surface area contributed by atoms with Crippen LogP contribution < -0.4 is 0 Å². The van der Waals surface area contributed by atoms with Gasteiger partial charge in [-0.15, -0.1) is 0 Å². The van der Waals surface area contributed by atoms with Crippen LogP contribution in [0, 0.1) is 0 Å². The molecule has 0 atom stereocenters. The Hall–Kier alpha value is 0.0687. The van der Waals surface area contributed by atoms with E-state index in [0.29, 0.717) is 0 Å². The molecule has 0 saturated carbocycles. The molecular weight excluding hydrogens is 347 g/mol. The maximum atomic E-state index is 9.74. The van der Waals surface area contributed by atoms with Crippen LogP contribution in [0.2, 0.25) is 13.3 Å². The van der Waals surface area contributed by atoms with E-state index in [1.165, 1.54) is 52.7 Å². The van der Waals surface area contributed by atoms with Crippen molar-refractivity contribution in [2.24, 2.45) is 0 Å². The zero-order valence-corrected chi connectivity index (χ0v) is 16.4. The van der Waals surface area contributed by atoms with Crippen LogP contribution in [0.5, 0.6) is 0 Å². The van der Waals surface area contributed by atoms with Crippen LogP contribution in [-0.4, -0.2) is 40.1 Å². The fourth-order valence-corrected chi connectivity index (χ4v) is 11.2. The normalized spacial score (nSPS) is 9.79. The molecule has 0 aromatic rings. The van der Waals surface area contributed by atoms with Crippen LogP contribution in [0.4, 0.5) is 4.79 Å². The predicted octanol–water partition coefficient (Wildman–Crippen LogP) is 5.28. The Bertz CT molecular complexity index is 161. The molecule has 0 rings (SSSR count). The van der Waals surface area contributed by atoms with Crippen LogP contribution in [0.25, 0.3) is 0 Å². The molecule has 1 radical (unpaired) electrons. The van der Waals surface area contributed by atoms with Gasteiger partial charge >= 0.3 is 98.5 Å². The zero-order chi connectivity index (χ0) is 14.9. The topological polar surface area (TPSA) is 35.5 Å². The van der Waals surface area contributed by atoms with E-state index in [2.05, 4.69) is 30.2 Å². The third-order valence-electron chi connectivity index (χ3n) is 2.98. The predicted molar refractivity (Wildman–Crippen MR) is 84.3 cm³/mol. The van der Waals surface area contributed by atoms with Crippen molar-refractivity contribution in [3.05, 3.63) is 0 Å². The molecule has 0 aromatic heterocycles. The van der Waals surface area contributed by atoms with E-state index >= 15 is 0 Å². The molecule has 0 amide bonds. The van der Waals surface area contributed by atoms with Crippen LogP contribution in [0.1, 0.15) is 59.3 Å². The van der Waals surface area contributed by atoms with Gasteiger partial charge in [0.25, 0.3) is 0 Å². The monoisotopic (exact) mass is 381 g/mol. The molecule has 19 heavy (non-hydrogen) atoms. The van der Waals surface area contributed by atoms with Crippen LogP contribution in [-0.2, 0) is 9.47 Å². The fourth-order valence-electron chi connectivity index (χ4n) is 1.74. The second-order valence-electron chi connectivity index (χ2n) is 4.72. The van der Waals surface area contributed by atoms with Gasteiger partial charge in [-0.3, -0.25) is 0 Å². The van der Waals surface area contributed by atoms with Crippen molar-refractivity contribution in [3.8, 4) is 0 Å². The Morgan fingerprint density at radius 2 is 1.11 bits per heavy atom. The Labute approximate surface area is 127 Å². The van der Waals surface area contributed by atoms with Crippen molar-refractivity contribution >= 4 is 25.9 Å². The van der Waals surface area contributed by atoms with Gasteiger partial charge in [-0.25, -0.2) is 4.79 Å².